The maximum absolute atomic E-state index is 12.4. The van der Waals surface area contributed by atoms with Gasteiger partial charge in [0.25, 0.3) is 5.91 Å². The molecule has 1 atom stereocenters. The molecule has 1 aromatic heterocycles. The Morgan fingerprint density at radius 3 is 2.24 bits per heavy atom. The number of benzene rings is 3. The molecule has 1 heterocycles. The molecule has 5 nitrogen and oxygen atoms in total. The number of carbonyl (C=O) groups excluding carboxylic acids is 1. The van der Waals surface area contributed by atoms with E-state index in [2.05, 4.69) is 70.7 Å². The molecule has 0 aliphatic heterocycles. The van der Waals surface area contributed by atoms with Crippen LogP contribution in [0.4, 0.5) is 5.82 Å². The minimum Gasteiger partial charge on any atom is -0.352 e. The number of nitrogens with one attached hydrogen (secondary N) is 1. The summed E-state index contributed by atoms with van der Waals surface area (Å²) in [5.74, 6) is 1.44. The standard InChI is InChI=1S/C31H33ClN4OS/c1-3-23(2)33-30(37)27-16-14-26(15-17-27)22-38-31-34-28(32)20-29(35-31)36(21-25-12-8-5-9-13-25)19-18-24-10-6-4-7-11-24/h4-17,20,23H,3,18-19,21-22H2,1-2H3,(H,33,37). The highest BCUT2D eigenvalue weighted by Crippen LogP contribution is 2.26. The maximum atomic E-state index is 12.4. The zero-order valence-corrected chi connectivity index (χ0v) is 23.4. The van der Waals surface area contributed by atoms with Crippen molar-refractivity contribution >= 4 is 35.1 Å². The molecule has 4 rings (SSSR count). The highest BCUT2D eigenvalue weighted by atomic mass is 35.5. The number of amides is 1. The minimum absolute atomic E-state index is 0.0459. The number of nitrogens with zero attached hydrogens (tertiary/aromatic N) is 3. The quantitative estimate of drug-likeness (QED) is 0.116. The first-order valence-electron chi connectivity index (χ1n) is 12.9. The van der Waals surface area contributed by atoms with E-state index in [0.717, 1.165) is 37.3 Å². The third kappa shape index (κ3) is 8.33. The molecule has 1 N–H and O–H groups in total. The third-order valence-corrected chi connectivity index (χ3v) is 7.40. The Morgan fingerprint density at radius 1 is 0.921 bits per heavy atom. The molecule has 0 saturated carbocycles. The lowest BCUT2D eigenvalue weighted by Crippen LogP contribution is -2.31. The lowest BCUT2D eigenvalue weighted by atomic mass is 10.1. The van der Waals surface area contributed by atoms with Crippen LogP contribution < -0.4 is 10.2 Å². The Kier molecular flexibility index (Phi) is 10.2. The van der Waals surface area contributed by atoms with Crippen LogP contribution in [0.5, 0.6) is 0 Å². The van der Waals surface area contributed by atoms with Gasteiger partial charge in [0, 0.05) is 36.5 Å². The van der Waals surface area contributed by atoms with Gasteiger partial charge in [-0.1, -0.05) is 103 Å². The van der Waals surface area contributed by atoms with Gasteiger partial charge in [-0.3, -0.25) is 4.79 Å². The second kappa shape index (κ2) is 14.0. The van der Waals surface area contributed by atoms with E-state index in [1.807, 2.05) is 49.4 Å². The second-order valence-corrected chi connectivity index (χ2v) is 10.6. The van der Waals surface area contributed by atoms with Crippen LogP contribution in [0.15, 0.2) is 96.2 Å². The first-order valence-corrected chi connectivity index (χ1v) is 14.3. The van der Waals surface area contributed by atoms with Crippen LogP contribution in [0.3, 0.4) is 0 Å². The summed E-state index contributed by atoms with van der Waals surface area (Å²) >= 11 is 8.00. The van der Waals surface area contributed by atoms with E-state index in [1.54, 1.807) is 0 Å². The van der Waals surface area contributed by atoms with Crippen molar-refractivity contribution in [2.24, 2.45) is 0 Å². The molecule has 1 amide bonds. The van der Waals surface area contributed by atoms with Crippen molar-refractivity contribution in [3.8, 4) is 0 Å². The third-order valence-electron chi connectivity index (χ3n) is 6.29. The molecule has 0 spiro atoms. The summed E-state index contributed by atoms with van der Waals surface area (Å²) in [6, 6.07) is 30.5. The summed E-state index contributed by atoms with van der Waals surface area (Å²) in [4.78, 5) is 24.0. The molecule has 196 valence electrons. The van der Waals surface area contributed by atoms with Gasteiger partial charge in [-0.05, 0) is 48.6 Å². The average molecular weight is 545 g/mol. The first kappa shape index (κ1) is 27.7. The van der Waals surface area contributed by atoms with E-state index in [0.29, 0.717) is 21.6 Å². The van der Waals surface area contributed by atoms with E-state index in [9.17, 15) is 4.79 Å². The molecular formula is C31H33ClN4OS. The van der Waals surface area contributed by atoms with Gasteiger partial charge < -0.3 is 10.2 Å². The fourth-order valence-corrected chi connectivity index (χ4v) is 4.95. The lowest BCUT2D eigenvalue weighted by Gasteiger charge is -2.24. The van der Waals surface area contributed by atoms with Crippen LogP contribution in [0.1, 0.15) is 47.3 Å². The predicted molar refractivity (Wildman–Crippen MR) is 158 cm³/mol. The average Bonchev–Trinajstić information content (AvgIpc) is 2.95. The Balaban J connectivity index is 1.46. The number of hydrogen-bond donors (Lipinski definition) is 1. The van der Waals surface area contributed by atoms with Crippen LogP contribution in [-0.2, 0) is 18.7 Å². The number of hydrogen-bond acceptors (Lipinski definition) is 5. The molecule has 1 unspecified atom stereocenters. The molecule has 4 aromatic rings. The highest BCUT2D eigenvalue weighted by Gasteiger charge is 2.14. The van der Waals surface area contributed by atoms with E-state index >= 15 is 0 Å². The summed E-state index contributed by atoms with van der Waals surface area (Å²) in [5.41, 5.74) is 4.24. The van der Waals surface area contributed by atoms with Gasteiger partial charge in [0.05, 0.1) is 0 Å². The van der Waals surface area contributed by atoms with Gasteiger partial charge in [-0.25, -0.2) is 9.97 Å². The number of carbonyl (C=O) groups is 1. The summed E-state index contributed by atoms with van der Waals surface area (Å²) in [7, 11) is 0. The van der Waals surface area contributed by atoms with Crippen molar-refractivity contribution in [2.75, 3.05) is 11.4 Å². The largest absolute Gasteiger partial charge is 0.352 e. The molecule has 38 heavy (non-hydrogen) atoms. The van der Waals surface area contributed by atoms with E-state index in [-0.39, 0.29) is 11.9 Å². The summed E-state index contributed by atoms with van der Waals surface area (Å²) < 4.78 is 0. The van der Waals surface area contributed by atoms with Crippen LogP contribution in [0.2, 0.25) is 5.15 Å². The Hall–Kier alpha value is -3.35. The van der Waals surface area contributed by atoms with E-state index < -0.39 is 0 Å². The lowest BCUT2D eigenvalue weighted by molar-refractivity contribution is 0.0939. The van der Waals surface area contributed by atoms with Crippen LogP contribution in [0, 0.1) is 0 Å². The molecule has 0 bridgehead atoms. The minimum atomic E-state index is -0.0459. The zero-order valence-electron chi connectivity index (χ0n) is 21.8. The van der Waals surface area contributed by atoms with Crippen LogP contribution in [0.25, 0.3) is 0 Å². The van der Waals surface area contributed by atoms with E-state index in [1.165, 1.54) is 22.9 Å². The smallest absolute Gasteiger partial charge is 0.251 e. The molecule has 3 aromatic carbocycles. The summed E-state index contributed by atoms with van der Waals surface area (Å²) in [5, 5.41) is 4.05. The van der Waals surface area contributed by atoms with Gasteiger partial charge in [0.2, 0.25) is 0 Å². The number of halogens is 1. The van der Waals surface area contributed by atoms with Crippen molar-refractivity contribution in [1.29, 1.82) is 0 Å². The number of thioether (sulfide) groups is 1. The SMILES string of the molecule is CCC(C)NC(=O)c1ccc(CSc2nc(Cl)cc(N(CCc3ccccc3)Cc3ccccc3)n2)cc1. The maximum Gasteiger partial charge on any atom is 0.251 e. The number of rotatable bonds is 12. The molecule has 7 heteroatoms. The first-order chi connectivity index (χ1) is 18.5. The van der Waals surface area contributed by atoms with Crippen LogP contribution in [-0.4, -0.2) is 28.5 Å². The monoisotopic (exact) mass is 544 g/mol. The molecule has 0 radical (unpaired) electrons. The molecule has 0 aliphatic carbocycles. The molecule has 0 aliphatic rings. The number of aromatic nitrogens is 2. The van der Waals surface area contributed by atoms with Crippen LogP contribution >= 0.6 is 23.4 Å². The molecule has 0 saturated heterocycles. The van der Waals surface area contributed by atoms with Gasteiger partial charge in [-0.15, -0.1) is 0 Å². The van der Waals surface area contributed by atoms with Gasteiger partial charge >= 0.3 is 0 Å². The topological polar surface area (TPSA) is 58.1 Å². The second-order valence-electron chi connectivity index (χ2n) is 9.24. The fraction of sp³-hybridized carbons (Fsp3) is 0.258. The Morgan fingerprint density at radius 2 is 1.58 bits per heavy atom. The summed E-state index contributed by atoms with van der Waals surface area (Å²) in [6.45, 7) is 5.59. The highest BCUT2D eigenvalue weighted by molar-refractivity contribution is 7.98. The van der Waals surface area contributed by atoms with Crippen molar-refractivity contribution in [3.05, 3.63) is 118 Å². The Bertz CT molecular complexity index is 1300. The van der Waals surface area contributed by atoms with Crippen molar-refractivity contribution < 1.29 is 4.79 Å². The molecular weight excluding hydrogens is 512 g/mol. The van der Waals surface area contributed by atoms with Gasteiger partial charge in [0.15, 0.2) is 5.16 Å². The predicted octanol–water partition coefficient (Wildman–Crippen LogP) is 7.20. The number of anilines is 1. The zero-order chi connectivity index (χ0) is 26.7. The van der Waals surface area contributed by atoms with Gasteiger partial charge in [-0.2, -0.15) is 0 Å². The summed E-state index contributed by atoms with van der Waals surface area (Å²) in [6.07, 6.45) is 1.80. The molecule has 0 fully saturated rings. The van der Waals surface area contributed by atoms with Crippen molar-refractivity contribution in [3.63, 3.8) is 0 Å². The van der Waals surface area contributed by atoms with Crippen molar-refractivity contribution in [1.82, 2.24) is 15.3 Å². The fourth-order valence-electron chi connectivity index (χ4n) is 3.91. The van der Waals surface area contributed by atoms with E-state index in [4.69, 9.17) is 16.6 Å². The Labute approximate surface area is 234 Å². The van der Waals surface area contributed by atoms with Crippen molar-refractivity contribution in [2.45, 2.75) is 50.2 Å². The normalized spacial score (nSPS) is 11.7. The van der Waals surface area contributed by atoms with Gasteiger partial charge in [0.1, 0.15) is 11.0 Å².